The van der Waals surface area contributed by atoms with Crippen LogP contribution in [0.15, 0.2) is 28.4 Å². The second kappa shape index (κ2) is 8.43. The third kappa shape index (κ3) is 8.83. The van der Waals surface area contributed by atoms with Gasteiger partial charge in [-0.2, -0.15) is 13.7 Å². The SMILES string of the molecule is CS(=O)(=O)O.N#C/C(=N\N=C(N)N)c1cccc(Cl)c1Cl. The minimum absolute atomic E-state index is 0.0131. The summed E-state index contributed by atoms with van der Waals surface area (Å²) >= 11 is 11.7. The second-order valence-electron chi connectivity index (χ2n) is 3.42. The maximum atomic E-state index is 9.19. The van der Waals surface area contributed by atoms with Gasteiger partial charge in [0.15, 0.2) is 5.71 Å². The molecule has 0 heterocycles. The topological polar surface area (TPSA) is 155 Å². The van der Waals surface area contributed by atoms with Crippen LogP contribution in [-0.2, 0) is 10.1 Å². The number of nitrogens with two attached hydrogens (primary N) is 2. The molecular formula is C10H11Cl2N5O3S. The molecule has 1 aromatic rings. The predicted octanol–water partition coefficient (Wildman–Crippen LogP) is 0.998. The standard InChI is InChI=1S/C9H7Cl2N5.CH4O3S/c10-6-3-1-2-5(8(6)11)7(4-12)15-16-9(13)14;1-5(2,3)4/h1-3H,(H4,13,14,16);1H3,(H,2,3,4)/b15-7+;. The van der Waals surface area contributed by atoms with Crippen molar-refractivity contribution in [2.75, 3.05) is 6.26 Å². The van der Waals surface area contributed by atoms with E-state index in [9.17, 15) is 8.42 Å². The van der Waals surface area contributed by atoms with E-state index < -0.39 is 10.1 Å². The molecule has 8 nitrogen and oxygen atoms in total. The Morgan fingerprint density at radius 1 is 1.33 bits per heavy atom. The first-order chi connectivity index (χ1) is 9.56. The van der Waals surface area contributed by atoms with Crippen molar-refractivity contribution in [2.45, 2.75) is 0 Å². The minimum Gasteiger partial charge on any atom is -0.369 e. The normalized spacial score (nSPS) is 10.9. The van der Waals surface area contributed by atoms with E-state index in [-0.39, 0.29) is 16.7 Å². The van der Waals surface area contributed by atoms with E-state index in [0.717, 1.165) is 0 Å². The molecule has 0 amide bonds. The molecule has 0 spiro atoms. The molecule has 0 fully saturated rings. The van der Waals surface area contributed by atoms with Crippen LogP contribution < -0.4 is 11.5 Å². The summed E-state index contributed by atoms with van der Waals surface area (Å²) in [7, 11) is -3.67. The van der Waals surface area contributed by atoms with Crippen LogP contribution in [0.3, 0.4) is 0 Å². The van der Waals surface area contributed by atoms with Crippen LogP contribution in [0.25, 0.3) is 0 Å². The Kier molecular flexibility index (Phi) is 7.69. The largest absolute Gasteiger partial charge is 0.369 e. The van der Waals surface area contributed by atoms with E-state index in [4.69, 9.17) is 44.5 Å². The molecule has 0 bridgehead atoms. The minimum atomic E-state index is -3.67. The highest BCUT2D eigenvalue weighted by molar-refractivity contribution is 7.85. The molecule has 0 atom stereocenters. The highest BCUT2D eigenvalue weighted by atomic mass is 35.5. The van der Waals surface area contributed by atoms with Crippen molar-refractivity contribution in [3.05, 3.63) is 33.8 Å². The Hall–Kier alpha value is -1.86. The van der Waals surface area contributed by atoms with E-state index in [2.05, 4.69) is 10.2 Å². The molecule has 1 aromatic carbocycles. The second-order valence-corrected chi connectivity index (χ2v) is 5.67. The maximum absolute atomic E-state index is 9.19. The van der Waals surface area contributed by atoms with Crippen LogP contribution in [0.2, 0.25) is 10.0 Å². The van der Waals surface area contributed by atoms with Gasteiger partial charge in [0.1, 0.15) is 6.07 Å². The van der Waals surface area contributed by atoms with Crippen LogP contribution in [0.5, 0.6) is 0 Å². The predicted molar refractivity (Wildman–Crippen MR) is 81.9 cm³/mol. The van der Waals surface area contributed by atoms with E-state index in [0.29, 0.717) is 16.8 Å². The molecule has 0 unspecified atom stereocenters. The molecule has 0 radical (unpaired) electrons. The Bertz CT molecular complexity index is 698. The Morgan fingerprint density at radius 2 is 1.86 bits per heavy atom. The highest BCUT2D eigenvalue weighted by Gasteiger charge is 2.10. The Balaban J connectivity index is 0.000000690. The lowest BCUT2D eigenvalue weighted by atomic mass is 10.1. The first-order valence-electron chi connectivity index (χ1n) is 4.99. The van der Waals surface area contributed by atoms with Gasteiger partial charge in [0, 0.05) is 5.56 Å². The zero-order valence-electron chi connectivity index (χ0n) is 10.7. The first-order valence-corrected chi connectivity index (χ1v) is 7.60. The fourth-order valence-electron chi connectivity index (χ4n) is 0.931. The van der Waals surface area contributed by atoms with Crippen LogP contribution in [-0.4, -0.2) is 30.9 Å². The summed E-state index contributed by atoms with van der Waals surface area (Å²) < 4.78 is 25.9. The highest BCUT2D eigenvalue weighted by Crippen LogP contribution is 2.25. The molecule has 0 aliphatic heterocycles. The van der Waals surface area contributed by atoms with E-state index in [1.54, 1.807) is 18.2 Å². The number of guanidine groups is 1. The lowest BCUT2D eigenvalue weighted by Crippen LogP contribution is -2.22. The Morgan fingerprint density at radius 3 is 2.29 bits per heavy atom. The van der Waals surface area contributed by atoms with Gasteiger partial charge in [-0.3, -0.25) is 4.55 Å². The van der Waals surface area contributed by atoms with Gasteiger partial charge in [0.05, 0.1) is 16.3 Å². The van der Waals surface area contributed by atoms with Gasteiger partial charge >= 0.3 is 0 Å². The molecule has 0 aromatic heterocycles. The quantitative estimate of drug-likeness (QED) is 0.312. The van der Waals surface area contributed by atoms with Crippen LogP contribution in [0, 0.1) is 11.3 Å². The van der Waals surface area contributed by atoms with Crippen molar-refractivity contribution in [3.8, 4) is 6.07 Å². The van der Waals surface area contributed by atoms with Gasteiger partial charge in [-0.15, -0.1) is 10.2 Å². The van der Waals surface area contributed by atoms with E-state index in [1.807, 2.05) is 6.07 Å². The van der Waals surface area contributed by atoms with Gasteiger partial charge in [0.25, 0.3) is 10.1 Å². The number of benzene rings is 1. The average molecular weight is 352 g/mol. The molecule has 0 saturated heterocycles. The van der Waals surface area contributed by atoms with Gasteiger partial charge in [-0.25, -0.2) is 0 Å². The number of hydrogen-bond acceptors (Lipinski definition) is 5. The number of hydrogen-bond donors (Lipinski definition) is 3. The molecule has 0 aliphatic rings. The monoisotopic (exact) mass is 351 g/mol. The van der Waals surface area contributed by atoms with Crippen molar-refractivity contribution in [1.82, 2.24) is 0 Å². The van der Waals surface area contributed by atoms with Gasteiger partial charge in [0.2, 0.25) is 5.96 Å². The molecule has 114 valence electrons. The molecule has 11 heteroatoms. The number of nitriles is 1. The third-order valence-corrected chi connectivity index (χ3v) is 2.40. The van der Waals surface area contributed by atoms with Gasteiger partial charge in [-0.1, -0.05) is 35.3 Å². The van der Waals surface area contributed by atoms with E-state index >= 15 is 0 Å². The summed E-state index contributed by atoms with van der Waals surface area (Å²) in [6, 6.07) is 6.67. The van der Waals surface area contributed by atoms with Gasteiger partial charge in [-0.05, 0) is 6.07 Å². The van der Waals surface area contributed by atoms with Crippen LogP contribution >= 0.6 is 23.2 Å². The van der Waals surface area contributed by atoms with Crippen molar-refractivity contribution in [3.63, 3.8) is 0 Å². The summed E-state index contributed by atoms with van der Waals surface area (Å²) in [5.74, 6) is -0.245. The number of rotatable bonds is 2. The molecule has 0 saturated carbocycles. The summed E-state index contributed by atoms with van der Waals surface area (Å²) in [5.41, 5.74) is 10.6. The number of nitrogens with zero attached hydrogens (tertiary/aromatic N) is 3. The average Bonchev–Trinajstić information content (AvgIpc) is 2.32. The molecule has 0 aliphatic carbocycles. The summed E-state index contributed by atoms with van der Waals surface area (Å²) in [6.45, 7) is 0. The van der Waals surface area contributed by atoms with Crippen molar-refractivity contribution in [1.29, 1.82) is 5.26 Å². The fourth-order valence-corrected chi connectivity index (χ4v) is 1.32. The maximum Gasteiger partial charge on any atom is 0.261 e. The van der Waals surface area contributed by atoms with Crippen molar-refractivity contribution < 1.29 is 13.0 Å². The molecule has 5 N–H and O–H groups in total. The summed E-state index contributed by atoms with van der Waals surface area (Å²) in [6.07, 6.45) is 0.715. The third-order valence-electron chi connectivity index (χ3n) is 1.58. The zero-order valence-corrected chi connectivity index (χ0v) is 13.0. The zero-order chi connectivity index (χ0) is 16.6. The Labute approximate surface area is 131 Å². The molecular weight excluding hydrogens is 341 g/mol. The van der Waals surface area contributed by atoms with Crippen molar-refractivity contribution >= 4 is 45.0 Å². The lowest BCUT2D eigenvalue weighted by Gasteiger charge is -2.01. The molecule has 21 heavy (non-hydrogen) atoms. The number of halogens is 2. The van der Waals surface area contributed by atoms with Gasteiger partial charge < -0.3 is 11.5 Å². The van der Waals surface area contributed by atoms with Crippen LogP contribution in [0.1, 0.15) is 5.56 Å². The van der Waals surface area contributed by atoms with Crippen LogP contribution in [0.4, 0.5) is 0 Å². The lowest BCUT2D eigenvalue weighted by molar-refractivity contribution is 0.490. The van der Waals surface area contributed by atoms with E-state index in [1.165, 1.54) is 0 Å². The summed E-state index contributed by atoms with van der Waals surface area (Å²) in [5, 5.41) is 16.4. The molecule has 1 rings (SSSR count). The first kappa shape index (κ1) is 19.1. The summed E-state index contributed by atoms with van der Waals surface area (Å²) in [4.78, 5) is 0. The van der Waals surface area contributed by atoms with Crippen molar-refractivity contribution in [2.24, 2.45) is 21.7 Å². The smallest absolute Gasteiger partial charge is 0.261 e. The fraction of sp³-hybridized carbons (Fsp3) is 0.100.